The SMILES string of the molecule is C=CC(C)C.C=CC(C)C.C=CC(C)C.C=CC(C)C.C=CC(C)C.CC(C)CCCOC1CO1.CC(C)CCCOC1CO1.CC(C)CCCOC1CO1.CCC1CCCCC1.CCCCCOC1CO1.CCCCCOC1CO1.CCc1ccccc1.C[Si](C)(C)C1CCCCC1.C[Si](C)(C)c1ccccc1.C[Si](C)(C1CCCCC1)C1CCCCC1. The van der Waals surface area contributed by atoms with Crippen molar-refractivity contribution in [2.75, 3.05) is 66.1 Å². The maximum atomic E-state index is 5.28. The van der Waals surface area contributed by atoms with E-state index in [1.54, 1.807) is 25.7 Å². The number of hydrogen-bond acceptors (Lipinski definition) is 10. The van der Waals surface area contributed by atoms with Gasteiger partial charge in [0.1, 0.15) is 33.0 Å². The van der Waals surface area contributed by atoms with E-state index in [9.17, 15) is 0 Å². The van der Waals surface area contributed by atoms with E-state index in [2.05, 4.69) is 278 Å². The third-order valence-corrected chi connectivity index (χ3v) is 33.5. The summed E-state index contributed by atoms with van der Waals surface area (Å²) in [4.78, 5) is 0. The average Bonchev–Trinajstić information content (AvgIpc) is 0.839. The molecule has 0 N–H and O–H groups in total. The van der Waals surface area contributed by atoms with Gasteiger partial charge in [-0.15, -0.1) is 32.9 Å². The fourth-order valence-electron chi connectivity index (χ4n) is 13.2. The van der Waals surface area contributed by atoms with E-state index < -0.39 is 24.2 Å². The lowest BCUT2D eigenvalue weighted by Crippen LogP contribution is -2.40. The van der Waals surface area contributed by atoms with Crippen molar-refractivity contribution in [2.24, 2.45) is 53.3 Å². The van der Waals surface area contributed by atoms with Crippen LogP contribution in [0.1, 0.15) is 356 Å². The molecule has 5 aliphatic heterocycles. The van der Waals surface area contributed by atoms with Crippen LogP contribution in [-0.2, 0) is 53.8 Å². The van der Waals surface area contributed by atoms with Crippen LogP contribution in [0.5, 0.6) is 0 Å². The van der Waals surface area contributed by atoms with Crippen molar-refractivity contribution >= 4 is 29.4 Å². The van der Waals surface area contributed by atoms with Gasteiger partial charge in [0.05, 0.1) is 16.1 Å². The summed E-state index contributed by atoms with van der Waals surface area (Å²) in [7, 11) is -2.69. The summed E-state index contributed by atoms with van der Waals surface area (Å²) in [5.41, 5.74) is 4.90. The second-order valence-electron chi connectivity index (χ2n) is 41.1. The Morgan fingerprint density at radius 2 is 0.556 bits per heavy atom. The van der Waals surface area contributed by atoms with Crippen molar-refractivity contribution in [3.8, 4) is 0 Å². The number of ether oxygens (including phenoxy) is 10. The smallest absolute Gasteiger partial charge is 0.181 e. The Labute approximate surface area is 777 Å². The number of hydrogen-bond donors (Lipinski definition) is 0. The zero-order valence-electron chi connectivity index (χ0n) is 87.7. The summed E-state index contributed by atoms with van der Waals surface area (Å²) in [5, 5.41) is 1.54. The summed E-state index contributed by atoms with van der Waals surface area (Å²) in [6.45, 7) is 89.5. The highest BCUT2D eigenvalue weighted by Crippen LogP contribution is 2.48. The zero-order chi connectivity index (χ0) is 94.3. The summed E-state index contributed by atoms with van der Waals surface area (Å²) < 4.78 is 50.7. The van der Waals surface area contributed by atoms with Crippen LogP contribution in [0.15, 0.2) is 124 Å². The molecule has 0 bridgehead atoms. The van der Waals surface area contributed by atoms with Gasteiger partial charge in [-0.05, 0) is 133 Å². The molecule has 9 fully saturated rings. The highest BCUT2D eigenvalue weighted by molar-refractivity contribution is 6.88. The van der Waals surface area contributed by atoms with Gasteiger partial charge < -0.3 is 47.4 Å². The maximum Gasteiger partial charge on any atom is 0.181 e. The molecule has 730 valence electrons. The first-order valence-corrected chi connectivity index (χ1v) is 61.5. The number of rotatable bonds is 36. The van der Waals surface area contributed by atoms with Crippen LogP contribution in [0.2, 0.25) is 69.0 Å². The monoisotopic (exact) mass is 1790 g/mol. The molecule has 0 spiro atoms. The van der Waals surface area contributed by atoms with Crippen LogP contribution >= 0.6 is 0 Å². The van der Waals surface area contributed by atoms with Gasteiger partial charge in [-0.25, -0.2) is 0 Å². The molecular formula is C111H214O10Si3. The molecule has 4 saturated carbocycles. The molecule has 5 atom stereocenters. The van der Waals surface area contributed by atoms with Crippen LogP contribution in [0, 0.1) is 53.3 Å². The van der Waals surface area contributed by atoms with Crippen molar-refractivity contribution < 1.29 is 47.4 Å². The summed E-state index contributed by atoms with van der Waals surface area (Å²) in [6, 6.07) is 21.2. The van der Waals surface area contributed by atoms with E-state index in [1.165, 1.54) is 189 Å². The summed E-state index contributed by atoms with van der Waals surface area (Å²) >= 11 is 0. The number of aryl methyl sites for hydroxylation is 1. The average molecular weight is 1790 g/mol. The Kier molecular flexibility index (Phi) is 88.4. The Bertz CT molecular complexity index is 2360. The maximum absolute atomic E-state index is 5.28. The van der Waals surface area contributed by atoms with Crippen molar-refractivity contribution in [1.82, 2.24) is 0 Å². The summed E-state index contributed by atoms with van der Waals surface area (Å²) in [5.74, 6) is 6.71. The van der Waals surface area contributed by atoms with E-state index in [0.29, 0.717) is 29.6 Å². The van der Waals surface area contributed by atoms with Gasteiger partial charge in [-0.3, -0.25) is 0 Å². The summed E-state index contributed by atoms with van der Waals surface area (Å²) in [6.07, 6.45) is 58.2. The number of unbranched alkanes of at least 4 members (excludes halogenated alkanes) is 4. The molecule has 5 heterocycles. The molecule has 10 nitrogen and oxygen atoms in total. The van der Waals surface area contributed by atoms with Crippen molar-refractivity contribution in [3.05, 3.63) is 130 Å². The van der Waals surface area contributed by atoms with E-state index in [0.717, 1.165) is 121 Å². The molecule has 11 rings (SSSR count). The first-order valence-electron chi connectivity index (χ1n) is 51.2. The van der Waals surface area contributed by atoms with Crippen LogP contribution in [-0.4, -0.2) is 122 Å². The van der Waals surface area contributed by atoms with Crippen LogP contribution in [0.4, 0.5) is 0 Å². The van der Waals surface area contributed by atoms with Gasteiger partial charge in [0, 0.05) is 41.1 Å². The molecule has 124 heavy (non-hydrogen) atoms. The molecule has 0 aromatic heterocycles. The number of benzene rings is 2. The van der Waals surface area contributed by atoms with E-state index >= 15 is 0 Å². The molecule has 5 unspecified atom stereocenters. The first kappa shape index (κ1) is 128. The van der Waals surface area contributed by atoms with Crippen molar-refractivity contribution in [2.45, 2.75) is 457 Å². The second kappa shape index (κ2) is 85.8. The highest BCUT2D eigenvalue weighted by atomic mass is 28.3. The van der Waals surface area contributed by atoms with Gasteiger partial charge in [-0.1, -0.05) is 448 Å². The lowest BCUT2D eigenvalue weighted by atomic mass is 9.88. The quantitative estimate of drug-likeness (QED) is 0.0283. The Morgan fingerprint density at radius 1 is 0.323 bits per heavy atom. The lowest BCUT2D eigenvalue weighted by molar-refractivity contribution is 0.0466. The zero-order valence-corrected chi connectivity index (χ0v) is 90.7. The molecule has 9 aliphatic rings. The third-order valence-electron chi connectivity index (χ3n) is 23.0. The molecular weight excluding hydrogens is 1580 g/mol. The topological polar surface area (TPSA) is 109 Å². The minimum atomic E-state index is -1.03. The minimum absolute atomic E-state index is 0.146. The molecule has 0 amide bonds. The molecule has 5 saturated heterocycles. The molecule has 2 aromatic rings. The standard InChI is InChI=1S/C14H28Si.C9H20Si.C9H14Si.3C8H16O2.C8H16.C8H10.2C7H14O2.5C5H10/c1-15(2,13-9-5-3-6-10-13)14-11-7-4-8-12-14;2*1-10(2,3)9-7-5-4-6-8-9;3*1-7(2)4-3-5-9-8-6-10-8;2*1-2-8-6-4-3-5-7-8;2*1-2-3-4-5-8-7-6-9-7;5*1-4-5(2)3/h13-14H,3-12H2,1-2H3;9H,4-8H2,1-3H3;4-8H,1-3H3;3*7-8H,3-6H2,1-2H3;8H,2-7H2,1H3;3-7H,2H2,1H3;2*7H,2-6H2,1H3;5*4-5H,1H2,2-3H3. The van der Waals surface area contributed by atoms with Crippen molar-refractivity contribution in [1.29, 1.82) is 0 Å². The predicted octanol–water partition coefficient (Wildman–Crippen LogP) is 34.1. The van der Waals surface area contributed by atoms with Crippen LogP contribution in [0.25, 0.3) is 0 Å². The molecule has 13 heteroatoms. The Morgan fingerprint density at radius 3 is 0.726 bits per heavy atom. The second-order valence-corrected chi connectivity index (χ2v) is 57.1. The number of allylic oxidation sites excluding steroid dienone is 5. The minimum Gasteiger partial charge on any atom is -0.350 e. The molecule has 4 aliphatic carbocycles. The lowest BCUT2D eigenvalue weighted by Gasteiger charge is -2.43. The van der Waals surface area contributed by atoms with Gasteiger partial charge in [0.15, 0.2) is 31.5 Å². The Balaban J connectivity index is -0.000000629. The van der Waals surface area contributed by atoms with E-state index in [4.69, 9.17) is 47.4 Å². The van der Waals surface area contributed by atoms with E-state index in [-0.39, 0.29) is 31.5 Å². The molecule has 0 radical (unpaired) electrons. The fourth-order valence-corrected chi connectivity index (χ4v) is 21.0. The van der Waals surface area contributed by atoms with Crippen LogP contribution in [0.3, 0.4) is 0 Å². The Hall–Kier alpha value is -2.61. The largest absolute Gasteiger partial charge is 0.350 e. The first-order chi connectivity index (χ1) is 58.9. The van der Waals surface area contributed by atoms with Crippen LogP contribution < -0.4 is 5.19 Å². The van der Waals surface area contributed by atoms with E-state index in [1.807, 2.05) is 36.4 Å². The van der Waals surface area contributed by atoms with Gasteiger partial charge >= 0.3 is 0 Å². The highest BCUT2D eigenvalue weighted by Gasteiger charge is 2.40. The fraction of sp³-hybridized carbons (Fsp3) is 0.802. The third kappa shape index (κ3) is 96.9. The molecule has 2 aromatic carbocycles. The van der Waals surface area contributed by atoms with Crippen molar-refractivity contribution in [3.63, 3.8) is 0 Å². The van der Waals surface area contributed by atoms with Gasteiger partial charge in [0.2, 0.25) is 0 Å². The van der Waals surface area contributed by atoms with Gasteiger partial charge in [-0.2, -0.15) is 0 Å². The normalized spacial score (nSPS) is 19.1. The van der Waals surface area contributed by atoms with Gasteiger partial charge in [0.25, 0.3) is 0 Å². The predicted molar refractivity (Wildman–Crippen MR) is 558 cm³/mol. The number of epoxide rings is 5.